The zero-order valence-electron chi connectivity index (χ0n) is 4.52. The van der Waals surface area contributed by atoms with E-state index in [1.54, 1.807) is 12.4 Å². The van der Waals surface area contributed by atoms with E-state index in [2.05, 4.69) is 5.32 Å². The standard InChI is InChI=1S/C4H8N2/c1-2-6-4-3-5-1/h1-2,5-6H,3-4H2/i/hD. The lowest BCUT2D eigenvalue weighted by Gasteiger charge is -2.05. The third-order valence-electron chi connectivity index (χ3n) is 0.683. The first-order valence-electron chi connectivity index (χ1n) is 2.50. The molecule has 0 saturated carbocycles. The molecule has 0 radical (unpaired) electrons. The number of hydrogen-bond acceptors (Lipinski definition) is 2. The second kappa shape index (κ2) is 1.70. The van der Waals surface area contributed by atoms with Crippen LogP contribution >= 0.6 is 0 Å². The van der Waals surface area contributed by atoms with Crippen LogP contribution in [0.5, 0.6) is 0 Å². The van der Waals surface area contributed by atoms with Crippen LogP contribution in [0.1, 0.15) is 0 Å². The highest BCUT2D eigenvalue weighted by Crippen LogP contribution is 1.67. The summed E-state index contributed by atoms with van der Waals surface area (Å²) < 4.78 is 6.98. The maximum atomic E-state index is 6.98. The molecule has 0 aliphatic carbocycles. The minimum atomic E-state index is 0.788. The van der Waals surface area contributed by atoms with Crippen LogP contribution in [0.2, 0.25) is 1.41 Å². The lowest BCUT2D eigenvalue weighted by molar-refractivity contribution is 0.723. The summed E-state index contributed by atoms with van der Waals surface area (Å²) in [5.74, 6) is 0. The molecule has 1 heterocycles. The van der Waals surface area contributed by atoms with Gasteiger partial charge in [-0.2, -0.15) is 0 Å². The van der Waals surface area contributed by atoms with E-state index in [0.29, 0.717) is 0 Å². The van der Waals surface area contributed by atoms with E-state index in [0.717, 1.165) is 13.1 Å². The fourth-order valence-corrected chi connectivity index (χ4v) is 0.392. The summed E-state index contributed by atoms with van der Waals surface area (Å²) >= 11 is 0. The Morgan fingerprint density at radius 1 is 1.50 bits per heavy atom. The summed E-state index contributed by atoms with van der Waals surface area (Å²) in [7, 11) is 0. The predicted molar refractivity (Wildman–Crippen MR) is 25.1 cm³/mol. The molecule has 0 aromatic rings. The molecule has 1 aliphatic heterocycles. The Labute approximate surface area is 38.7 Å². The van der Waals surface area contributed by atoms with Gasteiger partial charge in [-0.25, -0.2) is 0 Å². The first-order chi connectivity index (χ1) is 3.39. The topological polar surface area (TPSA) is 24.1 Å². The van der Waals surface area contributed by atoms with Crippen molar-refractivity contribution >= 4 is 0 Å². The van der Waals surface area contributed by atoms with Gasteiger partial charge in [-0.1, -0.05) is 0 Å². The van der Waals surface area contributed by atoms with Crippen LogP contribution in [0.4, 0.5) is 0 Å². The molecule has 1 aliphatic rings. The largest absolute Gasteiger partial charge is 0.388 e. The van der Waals surface area contributed by atoms with Gasteiger partial charge in [0.05, 0.1) is 0 Å². The van der Waals surface area contributed by atoms with Gasteiger partial charge in [0.2, 0.25) is 0 Å². The summed E-state index contributed by atoms with van der Waals surface area (Å²) in [6.45, 7) is 1.68. The van der Waals surface area contributed by atoms with Crippen LogP contribution in [-0.2, 0) is 0 Å². The first-order valence-corrected chi connectivity index (χ1v) is 2.05. The fourth-order valence-electron chi connectivity index (χ4n) is 0.392. The molecule has 0 fully saturated rings. The quantitative estimate of drug-likeness (QED) is 0.420. The molecule has 0 bridgehead atoms. The summed E-state index contributed by atoms with van der Waals surface area (Å²) in [5.41, 5.74) is 0. The smallest absolute Gasteiger partial charge is 0.160 e. The van der Waals surface area contributed by atoms with E-state index in [1.807, 2.05) is 0 Å². The van der Waals surface area contributed by atoms with Crippen LogP contribution in [0, 0.1) is 0 Å². The normalized spacial score (nSPS) is 22.7. The molecule has 1 rings (SSSR count). The molecule has 0 amide bonds. The van der Waals surface area contributed by atoms with Crippen LogP contribution in [0.25, 0.3) is 0 Å². The van der Waals surface area contributed by atoms with Crippen molar-refractivity contribution in [2.75, 3.05) is 13.1 Å². The van der Waals surface area contributed by atoms with E-state index in [4.69, 9.17) is 1.41 Å². The summed E-state index contributed by atoms with van der Waals surface area (Å²) in [4.78, 5) is 0. The molecule has 6 heavy (non-hydrogen) atoms. The van der Waals surface area contributed by atoms with Gasteiger partial charge in [0, 0.05) is 25.5 Å². The van der Waals surface area contributed by atoms with Gasteiger partial charge in [-0.3, -0.25) is 0 Å². The Kier molecular flexibility index (Phi) is 0.708. The zero-order valence-corrected chi connectivity index (χ0v) is 3.52. The average molecular weight is 85.1 g/mol. The predicted octanol–water partition coefficient (Wildman–Crippen LogP) is -0.350. The highest BCUT2D eigenvalue weighted by molar-refractivity contribution is 4.81. The van der Waals surface area contributed by atoms with Gasteiger partial charge in [0.25, 0.3) is 0 Å². The van der Waals surface area contributed by atoms with Crippen molar-refractivity contribution in [3.8, 4) is 0 Å². The van der Waals surface area contributed by atoms with Gasteiger partial charge in [0.1, 0.15) is 0 Å². The maximum Gasteiger partial charge on any atom is 0.160 e. The average Bonchev–Trinajstić information content (AvgIpc) is 1.69. The van der Waals surface area contributed by atoms with Crippen LogP contribution in [-0.4, -0.2) is 13.1 Å². The Hall–Kier alpha value is -0.660. The van der Waals surface area contributed by atoms with Crippen LogP contribution < -0.4 is 10.6 Å². The number of hydrogen-bond donors (Lipinski definition) is 2. The molecule has 2 heteroatoms. The summed E-state index contributed by atoms with van der Waals surface area (Å²) in [6, 6.07) is 0. The van der Waals surface area contributed by atoms with Gasteiger partial charge in [-0.05, 0) is 0 Å². The Morgan fingerprint density at radius 2 is 2.50 bits per heavy atom. The van der Waals surface area contributed by atoms with E-state index in [-0.39, 0.29) is 0 Å². The van der Waals surface area contributed by atoms with Gasteiger partial charge >= 0.3 is 0 Å². The van der Waals surface area contributed by atoms with Crippen molar-refractivity contribution in [2.24, 2.45) is 0 Å². The first kappa shape index (κ1) is 2.50. The second-order valence-corrected chi connectivity index (χ2v) is 1.18. The number of nitrogens with one attached hydrogen (secondary N) is 2. The molecule has 0 unspecified atom stereocenters. The van der Waals surface area contributed by atoms with Crippen molar-refractivity contribution in [1.82, 2.24) is 10.6 Å². The highest BCUT2D eigenvalue weighted by atomic mass is 15.0. The fraction of sp³-hybridized carbons (Fsp3) is 0.500. The lowest BCUT2D eigenvalue weighted by Crippen LogP contribution is -2.25. The molecule has 0 aromatic carbocycles. The van der Waals surface area contributed by atoms with Crippen molar-refractivity contribution in [3.63, 3.8) is 0 Å². The third-order valence-corrected chi connectivity index (χ3v) is 0.683. The molecular weight excluding hydrogens is 76.1 g/mol. The molecule has 0 atom stereocenters. The van der Waals surface area contributed by atoms with E-state index in [9.17, 15) is 0 Å². The Bertz CT molecular complexity index is 81.8. The van der Waals surface area contributed by atoms with E-state index in [1.165, 1.54) is 5.31 Å². The van der Waals surface area contributed by atoms with Crippen molar-refractivity contribution in [1.29, 1.82) is 0 Å². The van der Waals surface area contributed by atoms with Crippen LogP contribution in [0.15, 0.2) is 12.4 Å². The minimum Gasteiger partial charge on any atom is -0.388 e. The molecule has 2 N–H and O–H groups in total. The van der Waals surface area contributed by atoms with Crippen molar-refractivity contribution < 1.29 is 1.41 Å². The van der Waals surface area contributed by atoms with Gasteiger partial charge in [0.15, 0.2) is 1.41 Å². The molecule has 0 aromatic heterocycles. The van der Waals surface area contributed by atoms with Crippen LogP contribution in [0.3, 0.4) is 0 Å². The molecular formula is C4H8N2. The van der Waals surface area contributed by atoms with Gasteiger partial charge in [-0.15, -0.1) is 0 Å². The summed E-state index contributed by atoms with van der Waals surface area (Å²) in [6.07, 6.45) is 3.47. The van der Waals surface area contributed by atoms with Crippen molar-refractivity contribution in [3.05, 3.63) is 12.4 Å². The van der Waals surface area contributed by atoms with E-state index >= 15 is 0 Å². The third kappa shape index (κ3) is 0.641. The highest BCUT2D eigenvalue weighted by Gasteiger charge is 1.81. The molecule has 0 spiro atoms. The maximum absolute atomic E-state index is 6.98. The van der Waals surface area contributed by atoms with Crippen molar-refractivity contribution in [2.45, 2.75) is 0 Å². The lowest BCUT2D eigenvalue weighted by atomic mass is 10.5. The SMILES string of the molecule is [2H]N1C=CNCC1. The zero-order chi connectivity index (χ0) is 5.11. The number of rotatable bonds is 0. The Balaban J connectivity index is 2.36. The minimum absolute atomic E-state index is 0.788. The molecule has 2 nitrogen and oxygen atoms in total. The van der Waals surface area contributed by atoms with Gasteiger partial charge < -0.3 is 10.6 Å². The second-order valence-electron chi connectivity index (χ2n) is 1.18. The van der Waals surface area contributed by atoms with E-state index < -0.39 is 0 Å². The Morgan fingerprint density at radius 3 is 2.83 bits per heavy atom. The monoisotopic (exact) mass is 85.1 g/mol. The summed E-state index contributed by atoms with van der Waals surface area (Å²) in [5, 5.41) is 4.37. The molecule has 34 valence electrons. The molecule has 0 saturated heterocycles.